The van der Waals surface area contributed by atoms with Gasteiger partial charge in [0.05, 0.1) is 0 Å². The van der Waals surface area contributed by atoms with Crippen molar-refractivity contribution in [2.75, 3.05) is 24.7 Å². The summed E-state index contributed by atoms with van der Waals surface area (Å²) in [4.78, 5) is 25.6. The third kappa shape index (κ3) is 3.82. The zero-order valence-corrected chi connectivity index (χ0v) is 13.5. The summed E-state index contributed by atoms with van der Waals surface area (Å²) >= 11 is 3.22. The van der Waals surface area contributed by atoms with Gasteiger partial charge in [-0.2, -0.15) is 15.0 Å². The Morgan fingerprint density at radius 3 is 2.77 bits per heavy atom. The van der Waals surface area contributed by atoms with Gasteiger partial charge in [-0.3, -0.25) is 0 Å². The summed E-state index contributed by atoms with van der Waals surface area (Å²) in [5, 5.41) is 9.67. The number of esters is 1. The number of anilines is 2. The van der Waals surface area contributed by atoms with Gasteiger partial charge in [0.25, 0.3) is 0 Å². The van der Waals surface area contributed by atoms with Crippen molar-refractivity contribution < 1.29 is 14.6 Å². The lowest BCUT2D eigenvalue weighted by Gasteiger charge is -2.11. The predicted molar refractivity (Wildman–Crippen MR) is 83.5 cm³/mol. The number of hydrogen-bond donors (Lipinski definition) is 2. The molecule has 0 unspecified atom stereocenters. The van der Waals surface area contributed by atoms with E-state index in [1.54, 1.807) is 25.1 Å². The van der Waals surface area contributed by atoms with Gasteiger partial charge in [-0.15, -0.1) is 0 Å². The summed E-state index contributed by atoms with van der Waals surface area (Å²) < 4.78 is 5.74. The Morgan fingerprint density at radius 2 is 2.09 bits per heavy atom. The molecule has 0 saturated carbocycles. The molecule has 0 aliphatic rings. The number of carbonyl (C=O) groups excluding carboxylic acids is 1. The van der Waals surface area contributed by atoms with Crippen molar-refractivity contribution >= 4 is 33.8 Å². The monoisotopic (exact) mass is 367 g/mol. The van der Waals surface area contributed by atoms with Gasteiger partial charge in [-0.05, 0) is 18.2 Å². The van der Waals surface area contributed by atoms with E-state index in [9.17, 15) is 9.90 Å². The Balaban J connectivity index is 2.13. The van der Waals surface area contributed by atoms with Crippen LogP contribution in [0.2, 0.25) is 0 Å². The van der Waals surface area contributed by atoms with Gasteiger partial charge >= 0.3 is 5.97 Å². The molecule has 0 fully saturated rings. The lowest BCUT2D eigenvalue weighted by atomic mass is 10.2. The Bertz CT molecular complexity index is 708. The van der Waals surface area contributed by atoms with Crippen LogP contribution < -0.4 is 10.6 Å². The summed E-state index contributed by atoms with van der Waals surface area (Å²) in [5.41, 5.74) is 5.63. The van der Waals surface area contributed by atoms with Crippen molar-refractivity contribution in [3.05, 3.63) is 34.1 Å². The first kappa shape index (κ1) is 16.0. The van der Waals surface area contributed by atoms with Crippen LogP contribution in [0.25, 0.3) is 0 Å². The first-order valence-electron chi connectivity index (χ1n) is 6.20. The quantitative estimate of drug-likeness (QED) is 0.778. The summed E-state index contributed by atoms with van der Waals surface area (Å²) in [7, 11) is 3.51. The predicted octanol–water partition coefficient (Wildman–Crippen LogP) is 1.34. The first-order chi connectivity index (χ1) is 10.4. The van der Waals surface area contributed by atoms with Gasteiger partial charge in [0, 0.05) is 18.6 Å². The van der Waals surface area contributed by atoms with Crippen molar-refractivity contribution in [3.8, 4) is 5.75 Å². The third-order valence-electron chi connectivity index (χ3n) is 2.60. The van der Waals surface area contributed by atoms with Gasteiger partial charge in [0.1, 0.15) is 11.3 Å². The number of carbonyl (C=O) groups is 1. The maximum Gasteiger partial charge on any atom is 0.342 e. The van der Waals surface area contributed by atoms with Crippen molar-refractivity contribution in [2.45, 2.75) is 6.61 Å². The minimum Gasteiger partial charge on any atom is -0.507 e. The topological polar surface area (TPSA) is 114 Å². The molecule has 0 aliphatic carbocycles. The van der Waals surface area contributed by atoms with Crippen LogP contribution in [-0.4, -0.2) is 40.1 Å². The lowest BCUT2D eigenvalue weighted by molar-refractivity contribution is 0.0458. The molecule has 116 valence electrons. The highest BCUT2D eigenvalue weighted by molar-refractivity contribution is 9.10. The molecule has 0 bridgehead atoms. The van der Waals surface area contributed by atoms with Crippen molar-refractivity contribution in [3.63, 3.8) is 0 Å². The number of aromatic nitrogens is 3. The molecule has 0 amide bonds. The molecular weight excluding hydrogens is 354 g/mol. The number of benzene rings is 1. The van der Waals surface area contributed by atoms with Crippen LogP contribution in [0.4, 0.5) is 11.9 Å². The number of phenols is 1. The van der Waals surface area contributed by atoms with Gasteiger partial charge in [0.15, 0.2) is 12.4 Å². The summed E-state index contributed by atoms with van der Waals surface area (Å²) in [6, 6.07) is 4.47. The van der Waals surface area contributed by atoms with Crippen LogP contribution in [0.15, 0.2) is 22.7 Å². The van der Waals surface area contributed by atoms with Crippen molar-refractivity contribution in [1.29, 1.82) is 0 Å². The fraction of sp³-hybridized carbons (Fsp3) is 0.231. The highest BCUT2D eigenvalue weighted by Gasteiger charge is 2.15. The van der Waals surface area contributed by atoms with Crippen LogP contribution >= 0.6 is 15.9 Å². The molecule has 2 aromatic rings. The van der Waals surface area contributed by atoms with Crippen molar-refractivity contribution in [2.24, 2.45) is 0 Å². The number of rotatable bonds is 4. The fourth-order valence-corrected chi connectivity index (χ4v) is 1.93. The van der Waals surface area contributed by atoms with Gasteiger partial charge in [0.2, 0.25) is 11.9 Å². The average Bonchev–Trinajstić information content (AvgIpc) is 2.46. The molecule has 8 nitrogen and oxygen atoms in total. The van der Waals surface area contributed by atoms with E-state index in [2.05, 4.69) is 30.9 Å². The van der Waals surface area contributed by atoms with E-state index < -0.39 is 5.97 Å². The van der Waals surface area contributed by atoms with Crippen LogP contribution in [0.5, 0.6) is 5.75 Å². The first-order valence-corrected chi connectivity index (χ1v) is 6.99. The highest BCUT2D eigenvalue weighted by atomic mass is 79.9. The van der Waals surface area contributed by atoms with Crippen LogP contribution in [0.1, 0.15) is 16.2 Å². The summed E-state index contributed by atoms with van der Waals surface area (Å²) in [5.74, 6) is -0.237. The molecule has 2 rings (SSSR count). The number of ether oxygens (including phenoxy) is 1. The normalized spacial score (nSPS) is 10.3. The zero-order chi connectivity index (χ0) is 16.3. The highest BCUT2D eigenvalue weighted by Crippen LogP contribution is 2.22. The molecule has 0 saturated heterocycles. The molecule has 1 heterocycles. The number of nitrogen functional groups attached to an aromatic ring is 1. The molecule has 0 radical (unpaired) electrons. The van der Waals surface area contributed by atoms with Crippen LogP contribution in [-0.2, 0) is 11.3 Å². The third-order valence-corrected chi connectivity index (χ3v) is 3.09. The largest absolute Gasteiger partial charge is 0.507 e. The van der Waals surface area contributed by atoms with E-state index in [4.69, 9.17) is 10.5 Å². The van der Waals surface area contributed by atoms with Crippen LogP contribution in [0, 0.1) is 0 Å². The maximum absolute atomic E-state index is 12.0. The zero-order valence-electron chi connectivity index (χ0n) is 11.9. The molecule has 1 aromatic heterocycles. The molecule has 9 heteroatoms. The van der Waals surface area contributed by atoms with Crippen molar-refractivity contribution in [1.82, 2.24) is 15.0 Å². The van der Waals surface area contributed by atoms with E-state index in [0.717, 1.165) is 0 Å². The van der Waals surface area contributed by atoms with E-state index >= 15 is 0 Å². The SMILES string of the molecule is CN(C)c1nc(N)nc(COC(=O)c2cc(Br)ccc2O)n1. The van der Waals surface area contributed by atoms with E-state index in [1.165, 1.54) is 12.1 Å². The smallest absolute Gasteiger partial charge is 0.342 e. The second-order valence-electron chi connectivity index (χ2n) is 4.54. The number of phenolic OH excluding ortho intramolecular Hbond substituents is 1. The number of hydrogen-bond acceptors (Lipinski definition) is 8. The second-order valence-corrected chi connectivity index (χ2v) is 5.46. The van der Waals surface area contributed by atoms with E-state index in [1.807, 2.05) is 0 Å². The maximum atomic E-state index is 12.0. The Labute approximate surface area is 135 Å². The van der Waals surface area contributed by atoms with E-state index in [0.29, 0.717) is 10.4 Å². The number of halogens is 1. The number of nitrogens with zero attached hydrogens (tertiary/aromatic N) is 4. The Morgan fingerprint density at radius 1 is 1.36 bits per heavy atom. The minimum absolute atomic E-state index is 0.0371. The molecule has 0 atom stereocenters. The lowest BCUT2D eigenvalue weighted by Crippen LogP contribution is -2.17. The van der Waals surface area contributed by atoms with Gasteiger partial charge < -0.3 is 20.5 Å². The fourth-order valence-electron chi connectivity index (χ4n) is 1.57. The number of aromatic hydroxyl groups is 1. The summed E-state index contributed by atoms with van der Waals surface area (Å²) in [6.45, 7) is -0.182. The molecule has 22 heavy (non-hydrogen) atoms. The minimum atomic E-state index is -0.691. The van der Waals surface area contributed by atoms with Crippen LogP contribution in [0.3, 0.4) is 0 Å². The molecule has 1 aromatic carbocycles. The molecule has 3 N–H and O–H groups in total. The molecular formula is C13H14BrN5O3. The van der Waals surface area contributed by atoms with Gasteiger partial charge in [-0.25, -0.2) is 4.79 Å². The van der Waals surface area contributed by atoms with E-state index in [-0.39, 0.29) is 29.7 Å². The molecule has 0 spiro atoms. The number of nitrogens with two attached hydrogens (primary N) is 1. The Kier molecular flexibility index (Phi) is 4.76. The van der Waals surface area contributed by atoms with Gasteiger partial charge in [-0.1, -0.05) is 15.9 Å². The second kappa shape index (κ2) is 6.56. The summed E-state index contributed by atoms with van der Waals surface area (Å²) in [6.07, 6.45) is 0. The molecule has 0 aliphatic heterocycles. The standard InChI is InChI=1S/C13H14BrN5O3/c1-19(2)13-17-10(16-12(15)18-13)6-22-11(21)8-5-7(14)3-4-9(8)20/h3-5,20H,6H2,1-2H3,(H2,15,16,17,18). The average molecular weight is 368 g/mol. The Hall–Kier alpha value is -2.42.